The number of benzene rings is 3. The zero-order chi connectivity index (χ0) is 27.8. The van der Waals surface area contributed by atoms with Gasteiger partial charge in [-0.05, 0) is 75.6 Å². The first-order valence-electron chi connectivity index (χ1n) is 13.2. The van der Waals surface area contributed by atoms with E-state index in [1.54, 1.807) is 41.4 Å². The topological polar surface area (TPSA) is 71.9 Å². The van der Waals surface area contributed by atoms with Crippen molar-refractivity contribution in [3.05, 3.63) is 96.2 Å². The van der Waals surface area contributed by atoms with Crippen LogP contribution < -0.4 is 4.90 Å². The molecule has 2 heterocycles. The van der Waals surface area contributed by atoms with Gasteiger partial charge in [-0.1, -0.05) is 48.5 Å². The van der Waals surface area contributed by atoms with E-state index >= 15 is 0 Å². The number of rotatable bonds is 5. The van der Waals surface area contributed by atoms with Crippen molar-refractivity contribution in [2.45, 2.75) is 50.7 Å². The number of ether oxygens (including phenoxy) is 1. The van der Waals surface area contributed by atoms with Crippen molar-refractivity contribution in [1.29, 1.82) is 0 Å². The molecule has 0 aliphatic carbocycles. The standard InChI is InChI=1S/C31H35N3O4S/c1-23-21-34(39(36,37)27-13-9-6-10-14-27)29-16-15-25(20-28(23)29)33-18-17-32(30(35)38-31(2,3)4)22-26(33)19-24-11-7-5-8-12-24/h5-16,20-21,26H,17-19,22H2,1-4H3. The molecule has 0 N–H and O–H groups in total. The van der Waals surface area contributed by atoms with Gasteiger partial charge in [0.25, 0.3) is 10.0 Å². The highest BCUT2D eigenvalue weighted by molar-refractivity contribution is 7.90. The molecular weight excluding hydrogens is 510 g/mol. The smallest absolute Gasteiger partial charge is 0.410 e. The first kappa shape index (κ1) is 26.8. The maximum Gasteiger partial charge on any atom is 0.410 e. The fourth-order valence-electron chi connectivity index (χ4n) is 5.18. The van der Waals surface area contributed by atoms with Crippen molar-refractivity contribution in [3.63, 3.8) is 0 Å². The number of piperazine rings is 1. The zero-order valence-electron chi connectivity index (χ0n) is 22.9. The fraction of sp³-hybridized carbons (Fsp3) is 0.323. The Hall–Kier alpha value is -3.78. The largest absolute Gasteiger partial charge is 0.444 e. The van der Waals surface area contributed by atoms with Crippen LogP contribution in [0.1, 0.15) is 31.9 Å². The summed E-state index contributed by atoms with van der Waals surface area (Å²) in [6.07, 6.45) is 2.16. The minimum atomic E-state index is -3.72. The molecule has 0 bridgehead atoms. The molecule has 0 spiro atoms. The number of anilines is 1. The van der Waals surface area contributed by atoms with E-state index in [4.69, 9.17) is 4.74 Å². The lowest BCUT2D eigenvalue weighted by Gasteiger charge is -2.43. The Morgan fingerprint density at radius 1 is 0.949 bits per heavy atom. The third-order valence-electron chi connectivity index (χ3n) is 7.03. The van der Waals surface area contributed by atoms with Gasteiger partial charge >= 0.3 is 6.09 Å². The Bertz CT molecular complexity index is 1570. The van der Waals surface area contributed by atoms with Crippen molar-refractivity contribution < 1.29 is 17.9 Å². The third-order valence-corrected chi connectivity index (χ3v) is 8.72. The van der Waals surface area contributed by atoms with Crippen molar-refractivity contribution in [3.8, 4) is 0 Å². The summed E-state index contributed by atoms with van der Waals surface area (Å²) < 4.78 is 33.9. The predicted molar refractivity (Wildman–Crippen MR) is 155 cm³/mol. The van der Waals surface area contributed by atoms with Gasteiger partial charge in [-0.25, -0.2) is 17.2 Å². The van der Waals surface area contributed by atoms with Gasteiger partial charge in [-0.3, -0.25) is 0 Å². The normalized spacial score (nSPS) is 16.5. The first-order valence-corrected chi connectivity index (χ1v) is 14.7. The van der Waals surface area contributed by atoms with E-state index < -0.39 is 15.6 Å². The molecule has 1 unspecified atom stereocenters. The van der Waals surface area contributed by atoms with Crippen molar-refractivity contribution >= 4 is 32.7 Å². The number of carbonyl (C=O) groups is 1. The van der Waals surface area contributed by atoms with E-state index in [0.29, 0.717) is 25.2 Å². The van der Waals surface area contributed by atoms with Crippen LogP contribution in [-0.4, -0.2) is 54.7 Å². The minimum absolute atomic E-state index is 0.0292. The Morgan fingerprint density at radius 3 is 2.28 bits per heavy atom. The van der Waals surface area contributed by atoms with Gasteiger partial charge in [0.2, 0.25) is 0 Å². The Labute approximate surface area is 230 Å². The van der Waals surface area contributed by atoms with Crippen molar-refractivity contribution in [2.75, 3.05) is 24.5 Å². The molecule has 1 saturated heterocycles. The second-order valence-electron chi connectivity index (χ2n) is 11.1. The van der Waals surface area contributed by atoms with Gasteiger partial charge in [0.05, 0.1) is 16.5 Å². The minimum Gasteiger partial charge on any atom is -0.444 e. The predicted octanol–water partition coefficient (Wildman–Crippen LogP) is 5.86. The van der Waals surface area contributed by atoms with Crippen LogP contribution in [0.25, 0.3) is 10.9 Å². The fourth-order valence-corrected chi connectivity index (χ4v) is 6.62. The number of aryl methyl sites for hydroxylation is 1. The van der Waals surface area contributed by atoms with Gasteiger partial charge in [0, 0.05) is 36.9 Å². The molecule has 3 aromatic carbocycles. The molecule has 0 radical (unpaired) electrons. The third kappa shape index (κ3) is 5.66. The lowest BCUT2D eigenvalue weighted by molar-refractivity contribution is 0.0214. The van der Waals surface area contributed by atoms with E-state index in [9.17, 15) is 13.2 Å². The molecule has 8 heteroatoms. The van der Waals surface area contributed by atoms with Gasteiger partial charge in [-0.15, -0.1) is 0 Å². The summed E-state index contributed by atoms with van der Waals surface area (Å²) in [6, 6.07) is 24.7. The summed E-state index contributed by atoms with van der Waals surface area (Å²) in [5, 5.41) is 0.889. The van der Waals surface area contributed by atoms with Gasteiger partial charge in [-0.2, -0.15) is 0 Å². The maximum absolute atomic E-state index is 13.4. The van der Waals surface area contributed by atoms with Crippen LogP contribution in [0.15, 0.2) is 90.0 Å². The van der Waals surface area contributed by atoms with Crippen LogP contribution in [0.5, 0.6) is 0 Å². The van der Waals surface area contributed by atoms with E-state index in [-0.39, 0.29) is 17.0 Å². The van der Waals surface area contributed by atoms with Crippen LogP contribution in [0.2, 0.25) is 0 Å². The average molecular weight is 546 g/mol. The maximum atomic E-state index is 13.4. The van der Waals surface area contributed by atoms with Crippen molar-refractivity contribution in [2.24, 2.45) is 0 Å². The average Bonchev–Trinajstić information content (AvgIpc) is 3.25. The first-order chi connectivity index (χ1) is 18.5. The Balaban J connectivity index is 1.48. The van der Waals surface area contributed by atoms with Gasteiger partial charge < -0.3 is 14.5 Å². The molecule has 1 aromatic heterocycles. The van der Waals surface area contributed by atoms with Gasteiger partial charge in [0.15, 0.2) is 0 Å². The highest BCUT2D eigenvalue weighted by atomic mass is 32.2. The summed E-state index contributed by atoms with van der Waals surface area (Å²) in [5.74, 6) is 0. The number of hydrogen-bond donors (Lipinski definition) is 0. The molecule has 5 rings (SSSR count). The van der Waals surface area contributed by atoms with Gasteiger partial charge in [0.1, 0.15) is 5.60 Å². The molecule has 1 fully saturated rings. The molecular formula is C31H35N3O4S. The lowest BCUT2D eigenvalue weighted by Crippen LogP contribution is -2.56. The molecule has 1 aliphatic heterocycles. The highest BCUT2D eigenvalue weighted by Crippen LogP contribution is 2.32. The highest BCUT2D eigenvalue weighted by Gasteiger charge is 2.33. The number of carbonyl (C=O) groups excluding carboxylic acids is 1. The SMILES string of the molecule is Cc1cn(S(=O)(=O)c2ccccc2)c2ccc(N3CCN(C(=O)OC(C)(C)C)CC3Cc3ccccc3)cc12. The molecule has 1 amide bonds. The Morgan fingerprint density at radius 2 is 1.62 bits per heavy atom. The zero-order valence-corrected chi connectivity index (χ0v) is 23.7. The molecule has 1 aliphatic rings. The molecule has 7 nitrogen and oxygen atoms in total. The van der Waals surface area contributed by atoms with Crippen LogP contribution in [0.3, 0.4) is 0 Å². The summed E-state index contributed by atoms with van der Waals surface area (Å²) >= 11 is 0. The number of fused-ring (bicyclic) bond motifs is 1. The Kier molecular flexibility index (Phi) is 7.16. The lowest BCUT2D eigenvalue weighted by atomic mass is 10.0. The van der Waals surface area contributed by atoms with Crippen molar-refractivity contribution in [1.82, 2.24) is 8.87 Å². The quantitative estimate of drug-likeness (QED) is 0.314. The van der Waals surface area contributed by atoms with E-state index in [1.807, 2.05) is 58.0 Å². The summed E-state index contributed by atoms with van der Waals surface area (Å²) in [6.45, 7) is 9.29. The van der Waals surface area contributed by atoms with Crippen LogP contribution in [0, 0.1) is 6.92 Å². The van der Waals surface area contributed by atoms with Crippen LogP contribution >= 0.6 is 0 Å². The molecule has 4 aromatic rings. The summed E-state index contributed by atoms with van der Waals surface area (Å²) in [5.41, 5.74) is 3.17. The number of amides is 1. The monoisotopic (exact) mass is 545 g/mol. The van der Waals surface area contributed by atoms with E-state index in [2.05, 4.69) is 23.1 Å². The second-order valence-corrected chi connectivity index (χ2v) is 12.9. The summed E-state index contributed by atoms with van der Waals surface area (Å²) in [4.78, 5) is 17.3. The molecule has 204 valence electrons. The number of hydrogen-bond acceptors (Lipinski definition) is 5. The number of aromatic nitrogens is 1. The number of nitrogens with zero attached hydrogens (tertiary/aromatic N) is 3. The summed E-state index contributed by atoms with van der Waals surface area (Å²) in [7, 11) is -3.72. The van der Waals surface area contributed by atoms with Crippen LogP contribution in [0.4, 0.5) is 10.5 Å². The molecule has 0 saturated carbocycles. The second kappa shape index (κ2) is 10.4. The van der Waals surface area contributed by atoms with E-state index in [1.165, 1.54) is 9.54 Å². The van der Waals surface area contributed by atoms with Crippen LogP contribution in [-0.2, 0) is 21.2 Å². The molecule has 1 atom stereocenters. The molecule has 39 heavy (non-hydrogen) atoms. The van der Waals surface area contributed by atoms with E-state index in [0.717, 1.165) is 23.1 Å².